The highest BCUT2D eigenvalue weighted by molar-refractivity contribution is 7.13. The second kappa shape index (κ2) is 5.71. The minimum Gasteiger partial charge on any atom is -0.367 e. The van der Waals surface area contributed by atoms with E-state index in [1.165, 1.54) is 11.3 Å². The van der Waals surface area contributed by atoms with Gasteiger partial charge in [-0.15, -0.1) is 11.3 Å². The average Bonchev–Trinajstić information content (AvgIpc) is 3.15. The van der Waals surface area contributed by atoms with Crippen molar-refractivity contribution in [1.29, 1.82) is 5.26 Å². The van der Waals surface area contributed by atoms with Gasteiger partial charge in [-0.25, -0.2) is 0 Å². The fourth-order valence-corrected chi connectivity index (χ4v) is 2.93. The summed E-state index contributed by atoms with van der Waals surface area (Å²) in [5.41, 5.74) is 0.560. The molecule has 0 bridgehead atoms. The van der Waals surface area contributed by atoms with Crippen molar-refractivity contribution < 1.29 is 9.26 Å². The van der Waals surface area contributed by atoms with E-state index in [1.807, 2.05) is 5.38 Å². The van der Waals surface area contributed by atoms with Gasteiger partial charge in [0.05, 0.1) is 12.2 Å². The fourth-order valence-electron chi connectivity index (χ4n) is 2.17. The number of likely N-dealkylation sites (N-methyl/N-ethyl adjacent to an activating group) is 1. The van der Waals surface area contributed by atoms with E-state index in [1.54, 1.807) is 6.07 Å². The predicted octanol–water partition coefficient (Wildman–Crippen LogP) is 2.06. The Hall–Kier alpha value is -1.75. The van der Waals surface area contributed by atoms with E-state index in [-0.39, 0.29) is 6.10 Å². The van der Waals surface area contributed by atoms with Crippen molar-refractivity contribution in [1.82, 2.24) is 15.0 Å². The monoisotopic (exact) mass is 290 g/mol. The maximum Gasteiger partial charge on any atom is 0.269 e. The Morgan fingerprint density at radius 2 is 2.50 bits per heavy atom. The van der Waals surface area contributed by atoms with Gasteiger partial charge in [0.15, 0.2) is 0 Å². The van der Waals surface area contributed by atoms with E-state index in [2.05, 4.69) is 28.0 Å². The van der Waals surface area contributed by atoms with Gasteiger partial charge >= 0.3 is 0 Å². The molecule has 0 spiro atoms. The van der Waals surface area contributed by atoms with Crippen LogP contribution in [0.15, 0.2) is 16.0 Å². The van der Waals surface area contributed by atoms with Gasteiger partial charge in [0.25, 0.3) is 5.89 Å². The number of morpholine rings is 1. The third kappa shape index (κ3) is 2.45. The second-order valence-corrected chi connectivity index (χ2v) is 5.40. The molecule has 1 aliphatic heterocycles. The molecular weight excluding hydrogens is 276 g/mol. The molecule has 1 unspecified atom stereocenters. The number of ether oxygens (including phenoxy) is 1. The SMILES string of the molecule is CCN1CCOC(c2noc(-c3sccc3C#N)n2)C1. The first-order valence-electron chi connectivity index (χ1n) is 6.47. The predicted molar refractivity (Wildman–Crippen MR) is 73.1 cm³/mol. The molecule has 7 heteroatoms. The molecule has 0 amide bonds. The van der Waals surface area contributed by atoms with E-state index >= 15 is 0 Å². The van der Waals surface area contributed by atoms with Crippen LogP contribution in [0, 0.1) is 11.3 Å². The van der Waals surface area contributed by atoms with E-state index in [0.717, 1.165) is 24.5 Å². The Morgan fingerprint density at radius 3 is 3.30 bits per heavy atom. The molecule has 0 saturated carbocycles. The van der Waals surface area contributed by atoms with Gasteiger partial charge < -0.3 is 9.26 Å². The lowest BCUT2D eigenvalue weighted by atomic mass is 10.2. The van der Waals surface area contributed by atoms with Crippen molar-refractivity contribution >= 4 is 11.3 Å². The van der Waals surface area contributed by atoms with Crippen molar-refractivity contribution in [2.24, 2.45) is 0 Å². The highest BCUT2D eigenvalue weighted by Crippen LogP contribution is 2.29. The minimum atomic E-state index is -0.160. The Bertz CT molecular complexity index is 630. The Labute approximate surface area is 120 Å². The molecule has 2 aromatic heterocycles. The van der Waals surface area contributed by atoms with Crippen molar-refractivity contribution in [2.45, 2.75) is 13.0 Å². The molecular formula is C13H14N4O2S. The van der Waals surface area contributed by atoms with Crippen LogP contribution >= 0.6 is 11.3 Å². The number of thiophene rings is 1. The maximum atomic E-state index is 9.03. The van der Waals surface area contributed by atoms with Crippen LogP contribution in [-0.4, -0.2) is 41.3 Å². The molecule has 3 heterocycles. The Balaban J connectivity index is 1.82. The number of nitriles is 1. The molecule has 2 aromatic rings. The number of hydrogen-bond donors (Lipinski definition) is 0. The third-order valence-electron chi connectivity index (χ3n) is 3.31. The molecule has 20 heavy (non-hydrogen) atoms. The van der Waals surface area contributed by atoms with Gasteiger partial charge in [-0.2, -0.15) is 10.2 Å². The quantitative estimate of drug-likeness (QED) is 0.861. The van der Waals surface area contributed by atoms with E-state index in [4.69, 9.17) is 14.5 Å². The van der Waals surface area contributed by atoms with Crippen LogP contribution in [0.3, 0.4) is 0 Å². The molecule has 0 aromatic carbocycles. The van der Waals surface area contributed by atoms with Crippen LogP contribution in [0.1, 0.15) is 24.4 Å². The average molecular weight is 290 g/mol. The highest BCUT2D eigenvalue weighted by atomic mass is 32.1. The van der Waals surface area contributed by atoms with Gasteiger partial charge in [0, 0.05) is 13.1 Å². The molecule has 1 aliphatic rings. The molecule has 3 rings (SSSR count). The summed E-state index contributed by atoms with van der Waals surface area (Å²) in [6.07, 6.45) is -0.160. The molecule has 0 radical (unpaired) electrons. The normalized spacial score (nSPS) is 19.9. The summed E-state index contributed by atoms with van der Waals surface area (Å²) in [7, 11) is 0. The van der Waals surface area contributed by atoms with Crippen LogP contribution in [-0.2, 0) is 4.74 Å². The minimum absolute atomic E-state index is 0.160. The van der Waals surface area contributed by atoms with Crippen molar-refractivity contribution in [3.8, 4) is 16.8 Å². The number of nitrogens with zero attached hydrogens (tertiary/aromatic N) is 4. The molecule has 1 fully saturated rings. The summed E-state index contributed by atoms with van der Waals surface area (Å²) in [6, 6.07) is 3.87. The number of rotatable bonds is 3. The summed E-state index contributed by atoms with van der Waals surface area (Å²) in [5, 5.41) is 14.9. The Morgan fingerprint density at radius 1 is 1.60 bits per heavy atom. The van der Waals surface area contributed by atoms with Gasteiger partial charge in [0.1, 0.15) is 17.1 Å². The van der Waals surface area contributed by atoms with Crippen molar-refractivity contribution in [2.75, 3.05) is 26.2 Å². The summed E-state index contributed by atoms with van der Waals surface area (Å²) >= 11 is 1.42. The molecule has 1 saturated heterocycles. The first-order valence-corrected chi connectivity index (χ1v) is 7.35. The zero-order valence-electron chi connectivity index (χ0n) is 11.1. The third-order valence-corrected chi connectivity index (χ3v) is 4.21. The smallest absolute Gasteiger partial charge is 0.269 e. The van der Waals surface area contributed by atoms with E-state index < -0.39 is 0 Å². The lowest BCUT2D eigenvalue weighted by Crippen LogP contribution is -2.38. The molecule has 6 nitrogen and oxygen atoms in total. The summed E-state index contributed by atoms with van der Waals surface area (Å²) in [5.74, 6) is 0.944. The first kappa shape index (κ1) is 13.2. The van der Waals surface area contributed by atoms with E-state index in [0.29, 0.717) is 23.9 Å². The molecule has 104 valence electrons. The summed E-state index contributed by atoms with van der Waals surface area (Å²) in [4.78, 5) is 7.39. The summed E-state index contributed by atoms with van der Waals surface area (Å²) < 4.78 is 11.0. The lowest BCUT2D eigenvalue weighted by Gasteiger charge is -2.30. The van der Waals surface area contributed by atoms with Crippen LogP contribution < -0.4 is 0 Å². The Kier molecular flexibility index (Phi) is 3.78. The van der Waals surface area contributed by atoms with Crippen molar-refractivity contribution in [3.63, 3.8) is 0 Å². The first-order chi connectivity index (χ1) is 9.81. The standard InChI is InChI=1S/C13H14N4O2S/c1-2-17-4-5-18-10(8-17)12-15-13(19-16-12)11-9(7-14)3-6-20-11/h3,6,10H,2,4-5,8H2,1H3. The highest BCUT2D eigenvalue weighted by Gasteiger charge is 2.26. The lowest BCUT2D eigenvalue weighted by molar-refractivity contribution is -0.0334. The molecule has 1 atom stereocenters. The zero-order chi connectivity index (χ0) is 13.9. The van der Waals surface area contributed by atoms with Gasteiger partial charge in [-0.1, -0.05) is 12.1 Å². The largest absolute Gasteiger partial charge is 0.367 e. The maximum absolute atomic E-state index is 9.03. The number of hydrogen-bond acceptors (Lipinski definition) is 7. The van der Waals surface area contributed by atoms with Crippen LogP contribution in [0.4, 0.5) is 0 Å². The van der Waals surface area contributed by atoms with Gasteiger partial charge in [-0.05, 0) is 18.0 Å². The molecule has 0 N–H and O–H groups in total. The van der Waals surface area contributed by atoms with Crippen LogP contribution in [0.2, 0.25) is 0 Å². The molecule has 0 aliphatic carbocycles. The van der Waals surface area contributed by atoms with Gasteiger partial charge in [-0.3, -0.25) is 4.90 Å². The van der Waals surface area contributed by atoms with Crippen LogP contribution in [0.25, 0.3) is 10.8 Å². The van der Waals surface area contributed by atoms with Gasteiger partial charge in [0.2, 0.25) is 5.82 Å². The summed E-state index contributed by atoms with van der Waals surface area (Å²) in [6.45, 7) is 5.47. The van der Waals surface area contributed by atoms with E-state index in [9.17, 15) is 0 Å². The van der Waals surface area contributed by atoms with Crippen LogP contribution in [0.5, 0.6) is 0 Å². The zero-order valence-corrected chi connectivity index (χ0v) is 11.9. The van der Waals surface area contributed by atoms with Crippen molar-refractivity contribution in [3.05, 3.63) is 22.8 Å². The number of aromatic nitrogens is 2. The topological polar surface area (TPSA) is 75.2 Å². The second-order valence-electron chi connectivity index (χ2n) is 4.49. The fraction of sp³-hybridized carbons (Fsp3) is 0.462.